The number of hydrogen-bond acceptors (Lipinski definition) is 3. The van der Waals surface area contributed by atoms with Gasteiger partial charge >= 0.3 is 0 Å². The number of carbonyl (C=O) groups is 1. The predicted molar refractivity (Wildman–Crippen MR) is 91.9 cm³/mol. The molecule has 4 heteroatoms. The first-order valence-electron chi connectivity index (χ1n) is 9.04. The second-order valence-corrected chi connectivity index (χ2v) is 6.24. The molecule has 0 saturated heterocycles. The largest absolute Gasteiger partial charge is 0.550 e. The summed E-state index contributed by atoms with van der Waals surface area (Å²) in [5.74, 6) is -0.928. The lowest BCUT2D eigenvalue weighted by Gasteiger charge is -2.10. The van der Waals surface area contributed by atoms with Crippen LogP contribution in [0.15, 0.2) is 0 Å². The lowest BCUT2D eigenvalue weighted by atomic mass is 10.0. The Labute approximate surface area is 137 Å². The van der Waals surface area contributed by atoms with Crippen LogP contribution >= 0.6 is 0 Å². The SMILES string of the molecule is CCCCCCC(O)CCCCCCCCCCC(=O)[O-].[NH4+]. The number of carbonyl (C=O) groups excluding carboxylic acids is 1. The molecule has 0 aromatic carbocycles. The maximum atomic E-state index is 10.2. The van der Waals surface area contributed by atoms with Gasteiger partial charge in [0.1, 0.15) is 0 Å². The summed E-state index contributed by atoms with van der Waals surface area (Å²) in [7, 11) is 0. The van der Waals surface area contributed by atoms with E-state index in [1.807, 2.05) is 0 Å². The number of aliphatic hydroxyl groups excluding tert-OH is 1. The zero-order chi connectivity index (χ0) is 15.8. The Morgan fingerprint density at radius 3 is 1.68 bits per heavy atom. The molecule has 0 heterocycles. The minimum Gasteiger partial charge on any atom is -0.550 e. The van der Waals surface area contributed by atoms with Gasteiger partial charge in [0.05, 0.1) is 6.10 Å². The van der Waals surface area contributed by atoms with Crippen molar-refractivity contribution in [2.24, 2.45) is 0 Å². The van der Waals surface area contributed by atoms with E-state index in [9.17, 15) is 15.0 Å². The van der Waals surface area contributed by atoms with Gasteiger partial charge < -0.3 is 21.2 Å². The summed E-state index contributed by atoms with van der Waals surface area (Å²) in [5, 5.41) is 20.1. The van der Waals surface area contributed by atoms with Crippen molar-refractivity contribution in [3.63, 3.8) is 0 Å². The molecule has 0 rings (SSSR count). The Morgan fingerprint density at radius 2 is 1.23 bits per heavy atom. The number of aliphatic carboxylic acids is 1. The van der Waals surface area contributed by atoms with Crippen LogP contribution in [-0.4, -0.2) is 17.2 Å². The quantitative estimate of drug-likeness (QED) is 0.414. The van der Waals surface area contributed by atoms with Gasteiger partial charge in [-0.15, -0.1) is 0 Å². The van der Waals surface area contributed by atoms with Crippen LogP contribution in [0.3, 0.4) is 0 Å². The summed E-state index contributed by atoms with van der Waals surface area (Å²) in [6.07, 6.45) is 15.9. The molecule has 1 unspecified atom stereocenters. The fourth-order valence-corrected chi connectivity index (χ4v) is 2.66. The molecule has 1 atom stereocenters. The number of rotatable bonds is 16. The van der Waals surface area contributed by atoms with Crippen LogP contribution in [0.1, 0.15) is 103 Å². The molecule has 5 N–H and O–H groups in total. The number of quaternary nitrogens is 1. The summed E-state index contributed by atoms with van der Waals surface area (Å²) in [6, 6.07) is 0. The van der Waals surface area contributed by atoms with E-state index in [1.165, 1.54) is 51.4 Å². The Hall–Kier alpha value is -0.610. The summed E-state index contributed by atoms with van der Waals surface area (Å²) in [6.45, 7) is 2.21. The molecular formula is C18H39NO3. The maximum absolute atomic E-state index is 10.2. The zero-order valence-corrected chi connectivity index (χ0v) is 14.9. The van der Waals surface area contributed by atoms with Crippen molar-refractivity contribution in [3.05, 3.63) is 0 Å². The first-order chi connectivity index (χ1) is 10.2. The topological polar surface area (TPSA) is 96.9 Å². The van der Waals surface area contributed by atoms with Gasteiger partial charge in [0.2, 0.25) is 0 Å². The van der Waals surface area contributed by atoms with Gasteiger partial charge in [-0.2, -0.15) is 0 Å². The van der Waals surface area contributed by atoms with Crippen molar-refractivity contribution in [3.8, 4) is 0 Å². The van der Waals surface area contributed by atoms with Crippen molar-refractivity contribution in [2.75, 3.05) is 0 Å². The predicted octanol–water partition coefficient (Wildman–Crippen LogP) is 4.34. The van der Waals surface area contributed by atoms with Crippen LogP contribution < -0.4 is 11.3 Å². The molecule has 0 fully saturated rings. The third kappa shape index (κ3) is 19.4. The summed E-state index contributed by atoms with van der Waals surface area (Å²) in [4.78, 5) is 10.2. The third-order valence-electron chi connectivity index (χ3n) is 4.06. The fourth-order valence-electron chi connectivity index (χ4n) is 2.66. The van der Waals surface area contributed by atoms with Gasteiger partial charge in [0, 0.05) is 5.97 Å². The van der Waals surface area contributed by atoms with E-state index < -0.39 is 5.97 Å². The standard InChI is InChI=1S/C18H36O3.H3N/c1-2-3-4-11-14-17(19)15-12-9-7-5-6-8-10-13-16-18(20)21;/h17,19H,2-16H2,1H3,(H,20,21);1H3. The third-order valence-corrected chi connectivity index (χ3v) is 4.06. The number of hydrogen-bond donors (Lipinski definition) is 2. The van der Waals surface area contributed by atoms with Gasteiger partial charge in [-0.1, -0.05) is 77.6 Å². The highest BCUT2D eigenvalue weighted by Crippen LogP contribution is 2.14. The Balaban J connectivity index is 0. The molecule has 0 aromatic rings. The van der Waals surface area contributed by atoms with E-state index in [1.54, 1.807) is 0 Å². The van der Waals surface area contributed by atoms with Gasteiger partial charge in [-0.3, -0.25) is 0 Å². The molecule has 0 radical (unpaired) electrons. The van der Waals surface area contributed by atoms with Gasteiger partial charge in [0.15, 0.2) is 0 Å². The first-order valence-corrected chi connectivity index (χ1v) is 9.04. The highest BCUT2D eigenvalue weighted by Gasteiger charge is 2.03. The molecule has 0 aliphatic heterocycles. The van der Waals surface area contributed by atoms with Crippen molar-refractivity contribution in [2.45, 2.75) is 109 Å². The molecule has 0 bridgehead atoms. The summed E-state index contributed by atoms with van der Waals surface area (Å²) < 4.78 is 0. The van der Waals surface area contributed by atoms with E-state index in [0.717, 1.165) is 38.5 Å². The second-order valence-electron chi connectivity index (χ2n) is 6.24. The number of carboxylic acid groups (broad SMARTS) is 1. The molecule has 0 amide bonds. The van der Waals surface area contributed by atoms with E-state index in [-0.39, 0.29) is 18.7 Å². The Kier molecular flexibility index (Phi) is 19.8. The minimum absolute atomic E-state index is 0. The van der Waals surface area contributed by atoms with Crippen molar-refractivity contribution >= 4 is 5.97 Å². The van der Waals surface area contributed by atoms with E-state index >= 15 is 0 Å². The van der Waals surface area contributed by atoms with Crippen molar-refractivity contribution in [1.29, 1.82) is 0 Å². The van der Waals surface area contributed by atoms with E-state index in [2.05, 4.69) is 6.92 Å². The van der Waals surface area contributed by atoms with Gasteiger partial charge in [-0.25, -0.2) is 0 Å². The van der Waals surface area contributed by atoms with Crippen LogP contribution in [0.2, 0.25) is 0 Å². The molecule has 0 aliphatic carbocycles. The van der Waals surface area contributed by atoms with E-state index in [4.69, 9.17) is 0 Å². The van der Waals surface area contributed by atoms with Crippen LogP contribution in [0.25, 0.3) is 0 Å². The average molecular weight is 318 g/mol. The molecule has 22 heavy (non-hydrogen) atoms. The Morgan fingerprint density at radius 1 is 0.818 bits per heavy atom. The molecule has 0 saturated carbocycles. The molecule has 134 valence electrons. The van der Waals surface area contributed by atoms with Crippen LogP contribution in [0.5, 0.6) is 0 Å². The smallest absolute Gasteiger partial charge is 0.0540 e. The average Bonchev–Trinajstić information content (AvgIpc) is 2.45. The number of carboxylic acids is 1. The zero-order valence-electron chi connectivity index (χ0n) is 14.9. The molecule has 4 nitrogen and oxygen atoms in total. The lowest BCUT2D eigenvalue weighted by molar-refractivity contribution is -0.305. The highest BCUT2D eigenvalue weighted by atomic mass is 16.4. The van der Waals surface area contributed by atoms with Crippen molar-refractivity contribution in [1.82, 2.24) is 6.15 Å². The summed E-state index contributed by atoms with van der Waals surface area (Å²) >= 11 is 0. The highest BCUT2D eigenvalue weighted by molar-refractivity contribution is 5.63. The molecule has 0 spiro atoms. The molecule has 0 aromatic heterocycles. The van der Waals surface area contributed by atoms with Crippen LogP contribution in [0, 0.1) is 0 Å². The molecule has 0 aliphatic rings. The number of unbranched alkanes of at least 4 members (excludes halogenated alkanes) is 10. The monoisotopic (exact) mass is 317 g/mol. The van der Waals surface area contributed by atoms with Crippen LogP contribution in [-0.2, 0) is 4.79 Å². The van der Waals surface area contributed by atoms with Crippen LogP contribution in [0.4, 0.5) is 0 Å². The van der Waals surface area contributed by atoms with E-state index in [0.29, 0.717) is 0 Å². The normalized spacial score (nSPS) is 11.9. The maximum Gasteiger partial charge on any atom is 0.0540 e. The molecular weight excluding hydrogens is 278 g/mol. The van der Waals surface area contributed by atoms with Gasteiger partial charge in [-0.05, 0) is 25.7 Å². The lowest BCUT2D eigenvalue weighted by Crippen LogP contribution is -2.21. The van der Waals surface area contributed by atoms with Crippen molar-refractivity contribution < 1.29 is 15.0 Å². The Bertz CT molecular complexity index is 234. The van der Waals surface area contributed by atoms with Gasteiger partial charge in [0.25, 0.3) is 0 Å². The fraction of sp³-hybridized carbons (Fsp3) is 0.944. The minimum atomic E-state index is -0.928. The second kappa shape index (κ2) is 18.4. The first kappa shape index (κ1) is 23.7. The summed E-state index contributed by atoms with van der Waals surface area (Å²) in [5.41, 5.74) is 0. The number of aliphatic hydroxyl groups is 1.